The molecule has 2 rings (SSSR count). The Morgan fingerprint density at radius 1 is 1.00 bits per heavy atom. The van der Waals surface area contributed by atoms with Gasteiger partial charge in [0, 0.05) is 21.2 Å². The van der Waals surface area contributed by atoms with Crippen LogP contribution < -0.4 is 0 Å². The van der Waals surface area contributed by atoms with Crippen LogP contribution in [0.25, 0.3) is 0 Å². The minimum absolute atomic E-state index is 0.157. The maximum absolute atomic E-state index is 13.7. The molecule has 0 amide bonds. The van der Waals surface area contributed by atoms with Crippen molar-refractivity contribution < 1.29 is 8.78 Å². The van der Waals surface area contributed by atoms with E-state index >= 15 is 0 Å². The lowest BCUT2D eigenvalue weighted by molar-refractivity contribution is 0.588. The highest BCUT2D eigenvalue weighted by molar-refractivity contribution is 9.09. The molecular weight excluding hydrogens is 345 g/mol. The Kier molecular flexibility index (Phi) is 4.25. The summed E-state index contributed by atoms with van der Waals surface area (Å²) in [7, 11) is 0. The molecule has 0 radical (unpaired) electrons. The third kappa shape index (κ3) is 2.68. The molecule has 0 saturated carbocycles. The largest absolute Gasteiger partial charge is 0.207 e. The van der Waals surface area contributed by atoms with Gasteiger partial charge in [-0.3, -0.25) is 0 Å². The van der Waals surface area contributed by atoms with Crippen LogP contribution >= 0.6 is 39.1 Å². The summed E-state index contributed by atoms with van der Waals surface area (Å²) in [5.41, 5.74) is 0.676. The van der Waals surface area contributed by atoms with Gasteiger partial charge in [0.25, 0.3) is 0 Å². The van der Waals surface area contributed by atoms with E-state index in [9.17, 15) is 8.78 Å². The molecule has 18 heavy (non-hydrogen) atoms. The van der Waals surface area contributed by atoms with E-state index in [-0.39, 0.29) is 5.56 Å². The third-order valence-electron chi connectivity index (χ3n) is 2.48. The molecule has 1 unspecified atom stereocenters. The highest BCUT2D eigenvalue weighted by Crippen LogP contribution is 2.40. The van der Waals surface area contributed by atoms with Crippen molar-refractivity contribution in [2.75, 3.05) is 0 Å². The maximum Gasteiger partial charge on any atom is 0.128 e. The minimum Gasteiger partial charge on any atom is -0.207 e. The van der Waals surface area contributed by atoms with Gasteiger partial charge < -0.3 is 0 Å². The molecule has 0 fully saturated rings. The lowest BCUT2D eigenvalue weighted by atomic mass is 10.0. The molecule has 5 heteroatoms. The summed E-state index contributed by atoms with van der Waals surface area (Å²) in [6.07, 6.45) is 0. The zero-order valence-electron chi connectivity index (χ0n) is 8.93. The zero-order chi connectivity index (χ0) is 13.3. The van der Waals surface area contributed by atoms with Crippen molar-refractivity contribution in [1.29, 1.82) is 0 Å². The molecule has 1 atom stereocenters. The van der Waals surface area contributed by atoms with Gasteiger partial charge in [-0.25, -0.2) is 8.78 Å². The first-order chi connectivity index (χ1) is 8.50. The fourth-order valence-corrected chi connectivity index (χ4v) is 3.34. The number of alkyl halides is 1. The van der Waals surface area contributed by atoms with E-state index in [4.69, 9.17) is 23.2 Å². The first-order valence-corrected chi connectivity index (χ1v) is 6.71. The Bertz CT molecular complexity index is 567. The smallest absolute Gasteiger partial charge is 0.128 e. The van der Waals surface area contributed by atoms with Crippen LogP contribution in [-0.4, -0.2) is 0 Å². The fourth-order valence-electron chi connectivity index (χ4n) is 1.62. The van der Waals surface area contributed by atoms with Crippen molar-refractivity contribution in [3.8, 4) is 0 Å². The minimum atomic E-state index is -0.602. The van der Waals surface area contributed by atoms with Gasteiger partial charge in [0.2, 0.25) is 0 Å². The Balaban J connectivity index is 2.54. The molecule has 0 bridgehead atoms. The van der Waals surface area contributed by atoms with Crippen molar-refractivity contribution in [3.63, 3.8) is 0 Å². The van der Waals surface area contributed by atoms with Crippen LogP contribution in [0.15, 0.2) is 36.4 Å². The Morgan fingerprint density at radius 2 is 1.61 bits per heavy atom. The second-order valence-corrected chi connectivity index (χ2v) is 5.39. The number of hydrogen-bond acceptors (Lipinski definition) is 0. The van der Waals surface area contributed by atoms with Crippen LogP contribution in [0.2, 0.25) is 10.0 Å². The van der Waals surface area contributed by atoms with Gasteiger partial charge in [-0.1, -0.05) is 45.2 Å². The molecule has 2 aromatic carbocycles. The average molecular weight is 352 g/mol. The molecule has 0 N–H and O–H groups in total. The molecule has 0 nitrogen and oxygen atoms in total. The molecule has 94 valence electrons. The topological polar surface area (TPSA) is 0 Å². The average Bonchev–Trinajstić information content (AvgIpc) is 2.32. The first-order valence-electron chi connectivity index (χ1n) is 5.03. The second kappa shape index (κ2) is 5.55. The fraction of sp³-hybridized carbons (Fsp3) is 0.0769. The summed E-state index contributed by atoms with van der Waals surface area (Å²) in [4.78, 5) is -0.602. The molecule has 2 aromatic rings. The number of halogens is 5. The van der Waals surface area contributed by atoms with Crippen molar-refractivity contribution in [2.24, 2.45) is 0 Å². The standard InChI is InChI=1S/C13H7BrCl2F2/c14-13(8-6-7(17)4-5-11(8)18)12-9(15)2-1-3-10(12)16/h1-6,13H. The highest BCUT2D eigenvalue weighted by Gasteiger charge is 2.20. The SMILES string of the molecule is Fc1ccc(F)c(C(Br)c2c(Cl)cccc2Cl)c1. The summed E-state index contributed by atoms with van der Waals surface area (Å²) in [5.74, 6) is -1.03. The Morgan fingerprint density at radius 3 is 2.22 bits per heavy atom. The molecular formula is C13H7BrCl2F2. The van der Waals surface area contributed by atoms with Gasteiger partial charge in [0.05, 0.1) is 4.83 Å². The quantitative estimate of drug-likeness (QED) is 0.604. The van der Waals surface area contributed by atoms with E-state index in [1.807, 2.05) is 0 Å². The predicted octanol–water partition coefficient (Wildman–Crippen LogP) is 5.76. The van der Waals surface area contributed by atoms with Gasteiger partial charge in [0.15, 0.2) is 0 Å². The van der Waals surface area contributed by atoms with Crippen LogP contribution in [-0.2, 0) is 0 Å². The van der Waals surface area contributed by atoms with Gasteiger partial charge in [-0.2, -0.15) is 0 Å². The maximum atomic E-state index is 13.7. The monoisotopic (exact) mass is 350 g/mol. The molecule has 0 saturated heterocycles. The van der Waals surface area contributed by atoms with E-state index in [2.05, 4.69) is 15.9 Å². The third-order valence-corrected chi connectivity index (χ3v) is 4.09. The number of hydrogen-bond donors (Lipinski definition) is 0. The van der Waals surface area contributed by atoms with Crippen molar-refractivity contribution in [3.05, 3.63) is 69.2 Å². The van der Waals surface area contributed by atoms with E-state index in [0.717, 1.165) is 18.2 Å². The van der Waals surface area contributed by atoms with Gasteiger partial charge in [-0.15, -0.1) is 0 Å². The van der Waals surface area contributed by atoms with Gasteiger partial charge in [0.1, 0.15) is 11.6 Å². The van der Waals surface area contributed by atoms with Crippen LogP contribution in [0.3, 0.4) is 0 Å². The van der Waals surface area contributed by atoms with Crippen molar-refractivity contribution in [1.82, 2.24) is 0 Å². The molecule has 0 spiro atoms. The normalized spacial score (nSPS) is 12.5. The molecule has 0 aliphatic carbocycles. The van der Waals surface area contributed by atoms with E-state index < -0.39 is 16.5 Å². The van der Waals surface area contributed by atoms with Crippen molar-refractivity contribution >= 4 is 39.1 Å². The Labute approximate surface area is 122 Å². The summed E-state index contributed by atoms with van der Waals surface area (Å²) >= 11 is 15.4. The Hall–Kier alpha value is -0.640. The van der Waals surface area contributed by atoms with Crippen molar-refractivity contribution in [2.45, 2.75) is 4.83 Å². The molecule has 0 heterocycles. The van der Waals surface area contributed by atoms with Crippen LogP contribution in [0.5, 0.6) is 0 Å². The molecule has 0 aliphatic rings. The number of benzene rings is 2. The van der Waals surface area contributed by atoms with E-state index in [0.29, 0.717) is 15.6 Å². The summed E-state index contributed by atoms with van der Waals surface area (Å²) in [6, 6.07) is 8.24. The summed E-state index contributed by atoms with van der Waals surface area (Å²) in [6.45, 7) is 0. The second-order valence-electron chi connectivity index (χ2n) is 3.66. The summed E-state index contributed by atoms with van der Waals surface area (Å²) < 4.78 is 26.9. The highest BCUT2D eigenvalue weighted by atomic mass is 79.9. The van der Waals surface area contributed by atoms with E-state index in [1.54, 1.807) is 18.2 Å². The predicted molar refractivity (Wildman–Crippen MR) is 73.6 cm³/mol. The van der Waals surface area contributed by atoms with Crippen LogP contribution in [0.1, 0.15) is 16.0 Å². The van der Waals surface area contributed by atoms with Crippen LogP contribution in [0, 0.1) is 11.6 Å². The van der Waals surface area contributed by atoms with Gasteiger partial charge in [-0.05, 0) is 30.3 Å². The first kappa shape index (κ1) is 13.8. The van der Waals surface area contributed by atoms with Crippen LogP contribution in [0.4, 0.5) is 8.78 Å². The van der Waals surface area contributed by atoms with E-state index in [1.165, 1.54) is 0 Å². The number of rotatable bonds is 2. The lowest BCUT2D eigenvalue weighted by Gasteiger charge is -2.15. The van der Waals surface area contributed by atoms with Gasteiger partial charge >= 0.3 is 0 Å². The zero-order valence-corrected chi connectivity index (χ0v) is 12.0. The lowest BCUT2D eigenvalue weighted by Crippen LogP contribution is -1.99. The molecule has 0 aromatic heterocycles. The summed E-state index contributed by atoms with van der Waals surface area (Å²) in [5, 5.41) is 0.793. The molecule has 0 aliphatic heterocycles.